The molecule has 0 atom stereocenters. The fraction of sp³-hybridized carbons (Fsp3) is 0.0476. The van der Waals surface area contributed by atoms with Crippen LogP contribution in [0.3, 0.4) is 0 Å². The Bertz CT molecular complexity index is 1150. The molecule has 0 aliphatic carbocycles. The minimum Gasteiger partial charge on any atom is -0.322 e. The van der Waals surface area contributed by atoms with Crippen molar-refractivity contribution in [3.8, 4) is 6.07 Å². The van der Waals surface area contributed by atoms with Crippen molar-refractivity contribution in [2.45, 2.75) is 11.8 Å². The number of nitrogens with one attached hydrogen (secondary N) is 2. The zero-order valence-electron chi connectivity index (χ0n) is 15.0. The summed E-state index contributed by atoms with van der Waals surface area (Å²) >= 11 is 0. The van der Waals surface area contributed by atoms with Gasteiger partial charge in [0.15, 0.2) is 0 Å². The first-order chi connectivity index (χ1) is 13.4. The van der Waals surface area contributed by atoms with E-state index in [1.54, 1.807) is 6.07 Å². The molecule has 140 valence electrons. The summed E-state index contributed by atoms with van der Waals surface area (Å²) in [5, 5.41) is 11.6. The number of carbonyl (C=O) groups is 1. The van der Waals surface area contributed by atoms with E-state index in [0.717, 1.165) is 5.56 Å². The summed E-state index contributed by atoms with van der Waals surface area (Å²) in [6.45, 7) is 1.93. The van der Waals surface area contributed by atoms with E-state index in [-0.39, 0.29) is 10.8 Å². The molecule has 0 unspecified atom stereocenters. The normalized spacial score (nSPS) is 10.7. The molecule has 3 aromatic rings. The Hall–Kier alpha value is -3.63. The summed E-state index contributed by atoms with van der Waals surface area (Å²) in [5.74, 6) is -0.324. The predicted molar refractivity (Wildman–Crippen MR) is 108 cm³/mol. The van der Waals surface area contributed by atoms with Gasteiger partial charge < -0.3 is 5.32 Å². The highest BCUT2D eigenvalue weighted by Crippen LogP contribution is 2.18. The molecule has 3 aromatic carbocycles. The molecule has 1 amide bonds. The minimum atomic E-state index is -3.80. The molecule has 0 aliphatic heterocycles. The van der Waals surface area contributed by atoms with Gasteiger partial charge >= 0.3 is 0 Å². The Balaban J connectivity index is 1.73. The standard InChI is InChI=1S/C21H17N3O3S/c1-15-3-2-4-19(13-15)23-21(25)17-7-11-20(12-8-17)28(26,27)24-18-9-5-16(14-22)6-10-18/h2-13,24H,1H3,(H,23,25). The summed E-state index contributed by atoms with van der Waals surface area (Å²) in [4.78, 5) is 12.4. The van der Waals surface area contributed by atoms with E-state index in [1.165, 1.54) is 48.5 Å². The number of benzene rings is 3. The highest BCUT2D eigenvalue weighted by Gasteiger charge is 2.15. The average Bonchev–Trinajstić information content (AvgIpc) is 2.68. The minimum absolute atomic E-state index is 0.0314. The van der Waals surface area contributed by atoms with Crippen LogP contribution in [-0.4, -0.2) is 14.3 Å². The molecule has 0 aliphatic rings. The topological polar surface area (TPSA) is 99.1 Å². The van der Waals surface area contributed by atoms with Gasteiger partial charge in [-0.2, -0.15) is 5.26 Å². The van der Waals surface area contributed by atoms with Crippen molar-refractivity contribution in [1.82, 2.24) is 0 Å². The first-order valence-electron chi connectivity index (χ1n) is 8.38. The van der Waals surface area contributed by atoms with Crippen molar-refractivity contribution in [1.29, 1.82) is 5.26 Å². The molecule has 0 fully saturated rings. The maximum absolute atomic E-state index is 12.5. The quantitative estimate of drug-likeness (QED) is 0.688. The molecule has 6 nitrogen and oxygen atoms in total. The number of amides is 1. The zero-order valence-corrected chi connectivity index (χ0v) is 15.8. The lowest BCUT2D eigenvalue weighted by Crippen LogP contribution is -2.14. The van der Waals surface area contributed by atoms with Crippen LogP contribution in [0.25, 0.3) is 0 Å². The van der Waals surface area contributed by atoms with Gasteiger partial charge in [-0.3, -0.25) is 9.52 Å². The average molecular weight is 391 g/mol. The van der Waals surface area contributed by atoms with Crippen LogP contribution in [0.5, 0.6) is 0 Å². The van der Waals surface area contributed by atoms with E-state index in [0.29, 0.717) is 22.5 Å². The van der Waals surface area contributed by atoms with Crippen molar-refractivity contribution >= 4 is 27.3 Å². The zero-order chi connectivity index (χ0) is 20.1. The Labute approximate surface area is 163 Å². The van der Waals surface area contributed by atoms with Crippen LogP contribution in [-0.2, 0) is 10.0 Å². The van der Waals surface area contributed by atoms with E-state index in [9.17, 15) is 13.2 Å². The number of carbonyl (C=O) groups excluding carboxylic acids is 1. The van der Waals surface area contributed by atoms with Crippen molar-refractivity contribution in [2.75, 3.05) is 10.0 Å². The van der Waals surface area contributed by atoms with Gasteiger partial charge in [0.25, 0.3) is 15.9 Å². The Morgan fingerprint density at radius 2 is 1.61 bits per heavy atom. The van der Waals surface area contributed by atoms with Crippen LogP contribution in [0.4, 0.5) is 11.4 Å². The van der Waals surface area contributed by atoms with Crippen LogP contribution in [0, 0.1) is 18.3 Å². The molecule has 0 saturated carbocycles. The van der Waals surface area contributed by atoms with Crippen molar-refractivity contribution in [3.05, 3.63) is 89.5 Å². The maximum atomic E-state index is 12.5. The van der Waals surface area contributed by atoms with Crippen LogP contribution < -0.4 is 10.0 Å². The first-order valence-corrected chi connectivity index (χ1v) is 9.87. The van der Waals surface area contributed by atoms with Gasteiger partial charge in [-0.1, -0.05) is 12.1 Å². The van der Waals surface area contributed by atoms with Crippen molar-refractivity contribution in [2.24, 2.45) is 0 Å². The SMILES string of the molecule is Cc1cccc(NC(=O)c2ccc(S(=O)(=O)Nc3ccc(C#N)cc3)cc2)c1. The summed E-state index contributed by atoms with van der Waals surface area (Å²) < 4.78 is 27.4. The number of sulfonamides is 1. The number of nitrogens with zero attached hydrogens (tertiary/aromatic N) is 1. The number of aryl methyl sites for hydroxylation is 1. The molecule has 7 heteroatoms. The molecule has 2 N–H and O–H groups in total. The molecule has 0 bridgehead atoms. The summed E-state index contributed by atoms with van der Waals surface area (Å²) in [6.07, 6.45) is 0. The fourth-order valence-electron chi connectivity index (χ4n) is 2.54. The third kappa shape index (κ3) is 4.55. The fourth-order valence-corrected chi connectivity index (χ4v) is 3.60. The second-order valence-corrected chi connectivity index (χ2v) is 7.83. The second kappa shape index (κ2) is 7.94. The Morgan fingerprint density at radius 1 is 0.929 bits per heavy atom. The van der Waals surface area contributed by atoms with Gasteiger partial charge in [0.05, 0.1) is 16.5 Å². The molecular weight excluding hydrogens is 374 g/mol. The van der Waals surface area contributed by atoms with Crippen LogP contribution in [0.15, 0.2) is 77.7 Å². The lowest BCUT2D eigenvalue weighted by atomic mass is 10.2. The Morgan fingerprint density at radius 3 is 2.21 bits per heavy atom. The van der Waals surface area contributed by atoms with Gasteiger partial charge in [0, 0.05) is 16.9 Å². The number of hydrogen-bond donors (Lipinski definition) is 2. The van der Waals surface area contributed by atoms with E-state index < -0.39 is 10.0 Å². The summed E-state index contributed by atoms with van der Waals surface area (Å²) in [7, 11) is -3.80. The third-order valence-corrected chi connectivity index (χ3v) is 5.37. The maximum Gasteiger partial charge on any atom is 0.261 e. The van der Waals surface area contributed by atoms with Gasteiger partial charge in [-0.05, 0) is 73.2 Å². The van der Waals surface area contributed by atoms with Gasteiger partial charge in [0.2, 0.25) is 0 Å². The third-order valence-electron chi connectivity index (χ3n) is 3.97. The van der Waals surface area contributed by atoms with Gasteiger partial charge in [0.1, 0.15) is 0 Å². The monoisotopic (exact) mass is 391 g/mol. The van der Waals surface area contributed by atoms with Crippen molar-refractivity contribution in [3.63, 3.8) is 0 Å². The molecular formula is C21H17N3O3S. The molecule has 0 heterocycles. The number of hydrogen-bond acceptors (Lipinski definition) is 4. The number of rotatable bonds is 5. The molecule has 28 heavy (non-hydrogen) atoms. The molecule has 0 radical (unpaired) electrons. The van der Waals surface area contributed by atoms with Gasteiger partial charge in [-0.15, -0.1) is 0 Å². The second-order valence-electron chi connectivity index (χ2n) is 6.14. The van der Waals surface area contributed by atoms with Crippen LogP contribution >= 0.6 is 0 Å². The van der Waals surface area contributed by atoms with E-state index in [2.05, 4.69) is 10.0 Å². The van der Waals surface area contributed by atoms with Crippen LogP contribution in [0.2, 0.25) is 0 Å². The lowest BCUT2D eigenvalue weighted by molar-refractivity contribution is 0.102. The highest BCUT2D eigenvalue weighted by molar-refractivity contribution is 7.92. The van der Waals surface area contributed by atoms with E-state index >= 15 is 0 Å². The number of nitriles is 1. The van der Waals surface area contributed by atoms with E-state index in [4.69, 9.17) is 5.26 Å². The largest absolute Gasteiger partial charge is 0.322 e. The molecule has 3 rings (SSSR count). The molecule has 0 saturated heterocycles. The van der Waals surface area contributed by atoms with Crippen molar-refractivity contribution < 1.29 is 13.2 Å². The van der Waals surface area contributed by atoms with E-state index in [1.807, 2.05) is 31.2 Å². The highest BCUT2D eigenvalue weighted by atomic mass is 32.2. The smallest absolute Gasteiger partial charge is 0.261 e. The first kappa shape index (κ1) is 19.1. The van der Waals surface area contributed by atoms with Crippen LogP contribution in [0.1, 0.15) is 21.5 Å². The molecule has 0 spiro atoms. The summed E-state index contributed by atoms with van der Waals surface area (Å²) in [5.41, 5.74) is 2.82. The predicted octanol–water partition coefficient (Wildman–Crippen LogP) is 3.92. The Kier molecular flexibility index (Phi) is 5.43. The number of anilines is 2. The lowest BCUT2D eigenvalue weighted by Gasteiger charge is -2.09. The summed E-state index contributed by atoms with van der Waals surface area (Å²) in [6, 6.07) is 21.1. The van der Waals surface area contributed by atoms with Gasteiger partial charge in [-0.25, -0.2) is 8.42 Å². The molecule has 0 aromatic heterocycles.